The first kappa shape index (κ1) is 59.8. The predicted octanol–water partition coefficient (Wildman–Crippen LogP) is -4.90. The van der Waals surface area contributed by atoms with Gasteiger partial charge in [0.2, 0.25) is 0 Å². The zero-order chi connectivity index (χ0) is 0. The molecule has 0 saturated carbocycles. The van der Waals surface area contributed by atoms with Crippen LogP contribution in [0, 0.1) is 0 Å². The minimum Gasteiger partial charge on any atom is -1.00 e. The Hall–Kier alpha value is 2.10. The maximum Gasteiger partial charge on any atom is 1.00 e. The van der Waals surface area contributed by atoms with E-state index in [1.807, 2.05) is 0 Å². The van der Waals surface area contributed by atoms with Gasteiger partial charge < -0.3 is 6.90 Å². The van der Waals surface area contributed by atoms with E-state index >= 15 is 0 Å². The third-order valence-corrected chi connectivity index (χ3v) is 0. The van der Waals surface area contributed by atoms with E-state index in [2.05, 4.69) is 0 Å². The largest absolute Gasteiger partial charge is 1.00 e. The molecule has 5 heavy (non-hydrogen) atoms. The Morgan fingerprint density at radius 2 is 1.20 bits per heavy atom. The quantitative estimate of drug-likeness (QED) is 0.326. The van der Waals surface area contributed by atoms with Gasteiger partial charge in [0, 0.05) is 33.6 Å². The molecule has 0 heterocycles. The molecule has 0 atom stereocenters. The van der Waals surface area contributed by atoms with Gasteiger partial charge in [0.15, 0.2) is 17.4 Å². The van der Waals surface area contributed by atoms with Crippen molar-refractivity contribution in [1.82, 2.24) is 0 Å². The first-order valence-corrected chi connectivity index (χ1v) is 0. The van der Waals surface area contributed by atoms with E-state index in [9.17, 15) is 0 Å². The summed E-state index contributed by atoms with van der Waals surface area (Å²) in [5.41, 5.74) is 0. The minimum absolute atomic E-state index is 0. The van der Waals surface area contributed by atoms with Gasteiger partial charge in [-0.05, 0) is 0 Å². The molecule has 1 radical (unpaired) electrons. The van der Waals surface area contributed by atoms with Crippen molar-refractivity contribution in [3.63, 3.8) is 0 Å². The molecule has 0 spiro atoms. The van der Waals surface area contributed by atoms with Crippen LogP contribution in [-0.4, -0.2) is 22.8 Å². The summed E-state index contributed by atoms with van der Waals surface area (Å²) in [7, 11) is 0. The van der Waals surface area contributed by atoms with Gasteiger partial charge in [0.25, 0.3) is 0 Å². The number of hydrogen-bond acceptors (Lipinski definition) is 0. The van der Waals surface area contributed by atoms with Crippen molar-refractivity contribution in [1.29, 1.82) is 0 Å². The van der Waals surface area contributed by atoms with Crippen molar-refractivity contribution in [3.05, 3.63) is 0 Å². The Labute approximate surface area is 76.1 Å². The monoisotopic (exact) mass is 169 g/mol. The molecule has 0 amide bonds. The van der Waals surface area contributed by atoms with Crippen LogP contribution < -0.4 is 18.9 Å². The molecule has 33 valence electrons. The molecular formula is H6AlLiMnNiO. The van der Waals surface area contributed by atoms with Gasteiger partial charge in [-0.1, -0.05) is 0 Å². The summed E-state index contributed by atoms with van der Waals surface area (Å²) in [6.45, 7) is 0. The summed E-state index contributed by atoms with van der Waals surface area (Å²) in [6, 6.07) is 0. The van der Waals surface area contributed by atoms with Crippen molar-refractivity contribution < 1.29 is 59.3 Å². The van der Waals surface area contributed by atoms with Gasteiger partial charge in [-0.25, -0.2) is 0 Å². The van der Waals surface area contributed by atoms with E-state index in [-0.39, 0.29) is 76.7 Å². The second-order valence-corrected chi connectivity index (χ2v) is 0. The summed E-state index contributed by atoms with van der Waals surface area (Å²) in [6.07, 6.45) is 0. The zero-order valence-corrected chi connectivity index (χ0v) is 4.36. The van der Waals surface area contributed by atoms with Crippen LogP contribution in [0.3, 0.4) is 0 Å². The average Bonchev–Trinajstić information content (AvgIpc) is 0. The van der Waals surface area contributed by atoms with Crippen LogP contribution in [0.2, 0.25) is 0 Å². The molecule has 5 heteroatoms. The van der Waals surface area contributed by atoms with Crippen molar-refractivity contribution in [2.45, 2.75) is 0 Å². The molecule has 1 nitrogen and oxygen atoms in total. The van der Waals surface area contributed by atoms with Crippen LogP contribution in [0.5, 0.6) is 0 Å². The van der Waals surface area contributed by atoms with Crippen LogP contribution in [0.4, 0.5) is 0 Å². The van der Waals surface area contributed by atoms with Gasteiger partial charge in [-0.2, -0.15) is 0 Å². The third kappa shape index (κ3) is 23.2. The van der Waals surface area contributed by atoms with E-state index in [0.29, 0.717) is 0 Å². The standard InChI is InChI=1S/Al.Li.Mn.Ni.H2O.4H/h;;;;1H2;;;;/q;+1;;;;;;;-1. The van der Waals surface area contributed by atoms with Crippen molar-refractivity contribution in [2.24, 2.45) is 0 Å². The molecule has 0 rings (SSSR count). The topological polar surface area (TPSA) is 31.5 Å². The van der Waals surface area contributed by atoms with Crippen LogP contribution in [0.25, 0.3) is 0 Å². The van der Waals surface area contributed by atoms with Gasteiger partial charge in [-0.15, -0.1) is 0 Å². The number of rotatable bonds is 0. The van der Waals surface area contributed by atoms with E-state index in [1.54, 1.807) is 0 Å². The molecule has 2 N–H and O–H groups in total. The molecule has 0 aromatic rings. The summed E-state index contributed by atoms with van der Waals surface area (Å²) in [5.74, 6) is 0. The van der Waals surface area contributed by atoms with Gasteiger partial charge in [0.1, 0.15) is 0 Å². The second kappa shape index (κ2) is 35.9. The van der Waals surface area contributed by atoms with Gasteiger partial charge in [-0.3, -0.25) is 0 Å². The Kier molecular flexibility index (Phi) is 430. The minimum atomic E-state index is 0. The maximum atomic E-state index is 0. The Balaban J connectivity index is 0. The summed E-state index contributed by atoms with van der Waals surface area (Å²) in [4.78, 5) is 0. The first-order valence-electron chi connectivity index (χ1n) is 0. The van der Waals surface area contributed by atoms with Crippen LogP contribution in [-0.2, 0) is 33.6 Å². The molecule has 0 saturated heterocycles. The van der Waals surface area contributed by atoms with Crippen molar-refractivity contribution in [2.75, 3.05) is 0 Å². The van der Waals surface area contributed by atoms with Crippen LogP contribution >= 0.6 is 0 Å². The smallest absolute Gasteiger partial charge is 1.00 e. The molecule has 0 unspecified atom stereocenters. The maximum absolute atomic E-state index is 0. The Bertz CT molecular complexity index is 15.5. The molecule has 0 aliphatic carbocycles. The first-order chi connectivity index (χ1) is 0. The van der Waals surface area contributed by atoms with E-state index in [4.69, 9.17) is 0 Å². The predicted molar refractivity (Wildman–Crippen MR) is 14.7 cm³/mol. The summed E-state index contributed by atoms with van der Waals surface area (Å²) in [5, 5.41) is 0. The van der Waals surface area contributed by atoms with Crippen LogP contribution in [0.15, 0.2) is 0 Å². The van der Waals surface area contributed by atoms with Crippen molar-refractivity contribution in [3.8, 4) is 0 Å². The Morgan fingerprint density at radius 3 is 1.20 bits per heavy atom. The average molecular weight is 170 g/mol. The summed E-state index contributed by atoms with van der Waals surface area (Å²) < 4.78 is 0. The molecule has 0 bridgehead atoms. The second-order valence-electron chi connectivity index (χ2n) is 0. The summed E-state index contributed by atoms with van der Waals surface area (Å²) >= 11 is 0. The fourth-order valence-electron chi connectivity index (χ4n) is 0. The molecule has 0 aromatic carbocycles. The van der Waals surface area contributed by atoms with E-state index in [1.165, 1.54) is 0 Å². The normalized spacial score (nSPS) is 0. The fraction of sp³-hybridized carbons (Fsp3) is 0. The Morgan fingerprint density at radius 1 is 1.20 bits per heavy atom. The van der Waals surface area contributed by atoms with E-state index < -0.39 is 0 Å². The van der Waals surface area contributed by atoms with Gasteiger partial charge in [0.05, 0.1) is 0 Å². The molecule has 0 fully saturated rings. The van der Waals surface area contributed by atoms with Crippen molar-refractivity contribution >= 4 is 17.4 Å². The zero-order valence-electron chi connectivity index (χ0n) is 3.19. The SMILES string of the molecule is O.[AlH3].[H-].[Li+].[Mn].[Ni]. The molecule has 0 aliphatic rings. The molecule has 0 aliphatic heterocycles. The molecular weight excluding hydrogens is 164 g/mol. The third-order valence-electron chi connectivity index (χ3n) is 0. The number of hydrogen-bond donors (Lipinski definition) is 0. The fourth-order valence-corrected chi connectivity index (χ4v) is 0. The molecule has 0 aromatic heterocycles. The van der Waals surface area contributed by atoms with Gasteiger partial charge >= 0.3 is 18.9 Å². The van der Waals surface area contributed by atoms with E-state index in [0.717, 1.165) is 0 Å². The van der Waals surface area contributed by atoms with Crippen LogP contribution in [0.1, 0.15) is 1.43 Å².